The van der Waals surface area contributed by atoms with Gasteiger partial charge in [0, 0.05) is 16.5 Å². The maximum atomic E-state index is 6.07. The van der Waals surface area contributed by atoms with Crippen LogP contribution in [0.4, 0.5) is 0 Å². The van der Waals surface area contributed by atoms with Crippen molar-refractivity contribution in [3.8, 4) is 34.2 Å². The van der Waals surface area contributed by atoms with Gasteiger partial charge in [0.05, 0.1) is 11.3 Å². The van der Waals surface area contributed by atoms with Crippen LogP contribution in [-0.2, 0) is 0 Å². The van der Waals surface area contributed by atoms with Gasteiger partial charge in [-0.3, -0.25) is 0 Å². The number of nitrogens with one attached hydrogen (secondary N) is 1. The molecule has 3 aromatic carbocycles. The molecule has 0 bridgehead atoms. The Balaban J connectivity index is 1.72. The van der Waals surface area contributed by atoms with Crippen molar-refractivity contribution in [2.24, 2.45) is 0 Å². The van der Waals surface area contributed by atoms with Crippen molar-refractivity contribution in [3.63, 3.8) is 0 Å². The average molecular weight is 351 g/mol. The molecule has 0 spiro atoms. The standard InChI is InChI=1S/C23H17N3O/c1-15-11-13-16(14-12-15)21-20(18-9-5-6-10-19(18)24-21)23-26-25-22(27-23)17-7-3-2-4-8-17/h2-14,24H,1H3. The first-order valence-electron chi connectivity index (χ1n) is 8.86. The van der Waals surface area contributed by atoms with Gasteiger partial charge in [-0.25, -0.2) is 0 Å². The highest BCUT2D eigenvalue weighted by Crippen LogP contribution is 2.38. The molecule has 27 heavy (non-hydrogen) atoms. The molecule has 2 aromatic heterocycles. The Morgan fingerprint density at radius 1 is 0.704 bits per heavy atom. The third-order valence-electron chi connectivity index (χ3n) is 4.71. The monoisotopic (exact) mass is 351 g/mol. The molecule has 5 aromatic rings. The van der Waals surface area contributed by atoms with Crippen molar-refractivity contribution < 1.29 is 4.42 Å². The first kappa shape index (κ1) is 15.6. The van der Waals surface area contributed by atoms with Crippen LogP contribution >= 0.6 is 0 Å². The summed E-state index contributed by atoms with van der Waals surface area (Å²) in [5.41, 5.74) is 6.19. The van der Waals surface area contributed by atoms with E-state index in [0.717, 1.165) is 33.3 Å². The zero-order valence-electron chi connectivity index (χ0n) is 14.8. The fourth-order valence-electron chi connectivity index (χ4n) is 3.32. The maximum Gasteiger partial charge on any atom is 0.250 e. The predicted octanol–water partition coefficient (Wildman–Crippen LogP) is 5.86. The second-order valence-corrected chi connectivity index (χ2v) is 6.57. The number of hydrogen-bond donors (Lipinski definition) is 1. The molecule has 0 aliphatic heterocycles. The van der Waals surface area contributed by atoms with Gasteiger partial charge in [-0.15, -0.1) is 10.2 Å². The van der Waals surface area contributed by atoms with Crippen molar-refractivity contribution in [3.05, 3.63) is 84.4 Å². The normalized spacial score (nSPS) is 11.1. The number of benzene rings is 3. The molecule has 0 fully saturated rings. The Morgan fingerprint density at radius 3 is 2.22 bits per heavy atom. The maximum absolute atomic E-state index is 6.07. The minimum Gasteiger partial charge on any atom is -0.416 e. The van der Waals surface area contributed by atoms with Gasteiger partial charge in [-0.1, -0.05) is 66.2 Å². The van der Waals surface area contributed by atoms with Gasteiger partial charge in [-0.05, 0) is 30.7 Å². The van der Waals surface area contributed by atoms with E-state index in [4.69, 9.17) is 4.42 Å². The molecule has 130 valence electrons. The Morgan fingerprint density at radius 2 is 1.41 bits per heavy atom. The van der Waals surface area contributed by atoms with E-state index >= 15 is 0 Å². The molecule has 5 rings (SSSR count). The summed E-state index contributed by atoms with van der Waals surface area (Å²) >= 11 is 0. The van der Waals surface area contributed by atoms with Crippen LogP contribution in [0.3, 0.4) is 0 Å². The first-order chi connectivity index (χ1) is 13.3. The molecule has 2 heterocycles. The molecule has 0 unspecified atom stereocenters. The Kier molecular flexibility index (Phi) is 3.61. The first-order valence-corrected chi connectivity index (χ1v) is 8.86. The van der Waals surface area contributed by atoms with Gasteiger partial charge in [-0.2, -0.15) is 0 Å². The lowest BCUT2D eigenvalue weighted by Crippen LogP contribution is -1.84. The fraction of sp³-hybridized carbons (Fsp3) is 0.0435. The number of H-pyrrole nitrogens is 1. The molecular formula is C23H17N3O. The topological polar surface area (TPSA) is 54.7 Å². The van der Waals surface area contributed by atoms with Crippen LogP contribution < -0.4 is 0 Å². The van der Waals surface area contributed by atoms with E-state index < -0.39 is 0 Å². The molecular weight excluding hydrogens is 334 g/mol. The Labute approximate surface area is 156 Å². The van der Waals surface area contributed by atoms with Gasteiger partial charge >= 0.3 is 0 Å². The van der Waals surface area contributed by atoms with Gasteiger partial charge in [0.2, 0.25) is 5.89 Å². The zero-order valence-corrected chi connectivity index (χ0v) is 14.8. The van der Waals surface area contributed by atoms with E-state index in [1.807, 2.05) is 42.5 Å². The number of nitrogens with zero attached hydrogens (tertiary/aromatic N) is 2. The van der Waals surface area contributed by atoms with E-state index in [1.165, 1.54) is 5.56 Å². The molecule has 0 aliphatic carbocycles. The summed E-state index contributed by atoms with van der Waals surface area (Å²) in [7, 11) is 0. The fourth-order valence-corrected chi connectivity index (χ4v) is 3.32. The molecule has 0 radical (unpaired) electrons. The van der Waals surface area contributed by atoms with Gasteiger partial charge in [0.25, 0.3) is 5.89 Å². The van der Waals surface area contributed by atoms with Crippen LogP contribution in [0.15, 0.2) is 83.3 Å². The van der Waals surface area contributed by atoms with Crippen molar-refractivity contribution in [2.75, 3.05) is 0 Å². The number of fused-ring (bicyclic) bond motifs is 1. The minimum atomic E-state index is 0.516. The number of para-hydroxylation sites is 1. The Bertz CT molecular complexity index is 1220. The summed E-state index contributed by atoms with van der Waals surface area (Å²) < 4.78 is 6.07. The van der Waals surface area contributed by atoms with Gasteiger partial charge in [0.15, 0.2) is 0 Å². The van der Waals surface area contributed by atoms with E-state index in [9.17, 15) is 0 Å². The second-order valence-electron chi connectivity index (χ2n) is 6.57. The van der Waals surface area contributed by atoms with Crippen molar-refractivity contribution >= 4 is 10.9 Å². The van der Waals surface area contributed by atoms with Crippen LogP contribution in [0.2, 0.25) is 0 Å². The van der Waals surface area contributed by atoms with Crippen LogP contribution in [-0.4, -0.2) is 15.2 Å². The van der Waals surface area contributed by atoms with Crippen molar-refractivity contribution in [2.45, 2.75) is 6.92 Å². The molecule has 0 amide bonds. The second kappa shape index (κ2) is 6.25. The zero-order chi connectivity index (χ0) is 18.2. The molecule has 4 nitrogen and oxygen atoms in total. The molecule has 0 aliphatic rings. The summed E-state index contributed by atoms with van der Waals surface area (Å²) in [6.45, 7) is 2.08. The summed E-state index contributed by atoms with van der Waals surface area (Å²) in [6.07, 6.45) is 0. The summed E-state index contributed by atoms with van der Waals surface area (Å²) in [4.78, 5) is 3.52. The van der Waals surface area contributed by atoms with E-state index in [2.05, 4.69) is 58.5 Å². The number of aryl methyl sites for hydroxylation is 1. The van der Waals surface area contributed by atoms with Crippen LogP contribution in [0.25, 0.3) is 45.1 Å². The SMILES string of the molecule is Cc1ccc(-c2[nH]c3ccccc3c2-c2nnc(-c3ccccc3)o2)cc1. The van der Waals surface area contributed by atoms with Crippen LogP contribution in [0, 0.1) is 6.92 Å². The van der Waals surface area contributed by atoms with Crippen molar-refractivity contribution in [1.82, 2.24) is 15.2 Å². The van der Waals surface area contributed by atoms with E-state index in [1.54, 1.807) is 0 Å². The quantitative estimate of drug-likeness (QED) is 0.443. The lowest BCUT2D eigenvalue weighted by atomic mass is 10.0. The third-order valence-corrected chi connectivity index (χ3v) is 4.71. The van der Waals surface area contributed by atoms with E-state index in [0.29, 0.717) is 11.8 Å². The number of aromatic amines is 1. The number of rotatable bonds is 3. The smallest absolute Gasteiger partial charge is 0.250 e. The van der Waals surface area contributed by atoms with Gasteiger partial charge in [0.1, 0.15) is 0 Å². The Hall–Kier alpha value is -3.66. The van der Waals surface area contributed by atoms with Crippen LogP contribution in [0.5, 0.6) is 0 Å². The largest absolute Gasteiger partial charge is 0.416 e. The van der Waals surface area contributed by atoms with Gasteiger partial charge < -0.3 is 9.40 Å². The number of aromatic nitrogens is 3. The molecule has 0 saturated carbocycles. The predicted molar refractivity (Wildman–Crippen MR) is 107 cm³/mol. The molecule has 4 heteroatoms. The molecule has 0 atom stereocenters. The highest BCUT2D eigenvalue weighted by atomic mass is 16.4. The molecule has 1 N–H and O–H groups in total. The highest BCUT2D eigenvalue weighted by molar-refractivity contribution is 6.01. The third kappa shape index (κ3) is 2.72. The average Bonchev–Trinajstić information content (AvgIpc) is 3.34. The lowest BCUT2D eigenvalue weighted by molar-refractivity contribution is 0.585. The summed E-state index contributed by atoms with van der Waals surface area (Å²) in [6, 6.07) is 26.4. The molecule has 0 saturated heterocycles. The number of hydrogen-bond acceptors (Lipinski definition) is 3. The summed E-state index contributed by atoms with van der Waals surface area (Å²) in [5, 5.41) is 9.69. The summed E-state index contributed by atoms with van der Waals surface area (Å²) in [5.74, 6) is 1.03. The highest BCUT2D eigenvalue weighted by Gasteiger charge is 2.20. The van der Waals surface area contributed by atoms with Crippen molar-refractivity contribution in [1.29, 1.82) is 0 Å². The minimum absolute atomic E-state index is 0.516. The lowest BCUT2D eigenvalue weighted by Gasteiger charge is -2.02. The van der Waals surface area contributed by atoms with Crippen LogP contribution in [0.1, 0.15) is 5.56 Å². The van der Waals surface area contributed by atoms with E-state index in [-0.39, 0.29) is 0 Å².